The summed E-state index contributed by atoms with van der Waals surface area (Å²) in [6, 6.07) is 13.1. The van der Waals surface area contributed by atoms with Gasteiger partial charge in [0.05, 0.1) is 18.6 Å². The highest BCUT2D eigenvalue weighted by Gasteiger charge is 2.46. The van der Waals surface area contributed by atoms with Crippen LogP contribution in [0.2, 0.25) is 0 Å². The largest absolute Gasteiger partial charge is 0.444 e. The van der Waals surface area contributed by atoms with E-state index < -0.39 is 83.7 Å². The molecule has 52 heavy (non-hydrogen) atoms. The van der Waals surface area contributed by atoms with Gasteiger partial charge in [0.2, 0.25) is 23.5 Å². The molecule has 1 unspecified atom stereocenters. The fourth-order valence-electron chi connectivity index (χ4n) is 6.55. The second-order valence-corrected chi connectivity index (χ2v) is 14.4. The average Bonchev–Trinajstić information content (AvgIpc) is 3.56. The van der Waals surface area contributed by atoms with Gasteiger partial charge < -0.3 is 35.6 Å². The maximum atomic E-state index is 14.2. The summed E-state index contributed by atoms with van der Waals surface area (Å²) in [4.78, 5) is 83.8. The van der Waals surface area contributed by atoms with E-state index in [4.69, 9.17) is 4.74 Å². The molecular weight excluding hydrogens is 666 g/mol. The monoisotopic (exact) mass is 719 g/mol. The maximum absolute atomic E-state index is 14.2. The molecule has 2 aromatic carbocycles. The number of nitrogens with zero attached hydrogens (tertiary/aromatic N) is 2. The smallest absolute Gasteiger partial charge is 0.410 e. The highest BCUT2D eigenvalue weighted by Crippen LogP contribution is 2.26. The van der Waals surface area contributed by atoms with E-state index >= 15 is 0 Å². The van der Waals surface area contributed by atoms with Gasteiger partial charge >= 0.3 is 6.09 Å². The van der Waals surface area contributed by atoms with Gasteiger partial charge in [0, 0.05) is 19.5 Å². The molecule has 2 heterocycles. The first kappa shape index (κ1) is 40.0. The Hall–Kier alpha value is -4.78. The number of likely N-dealkylation sites (tertiary alicyclic amines) is 1. The van der Waals surface area contributed by atoms with Crippen molar-refractivity contribution in [3.63, 3.8) is 0 Å². The molecule has 1 fully saturated rings. The second kappa shape index (κ2) is 18.1. The number of amides is 5. The van der Waals surface area contributed by atoms with Crippen LogP contribution in [0.25, 0.3) is 0 Å². The summed E-state index contributed by atoms with van der Waals surface area (Å²) in [6.45, 7) is 11.0. The molecule has 4 N–H and O–H groups in total. The SMILES string of the molecule is CCCC(NC(=O)[C@@H]1C[C@@H](OC(=O)N2CCc3ccccc3C2)CN1C(=O)[C@@H](NC(=O)[C@@H](O)C(C)C)C(C)C)C(=O)C(=O)N[C@@H](C)c1ccccc1. The third-order valence-corrected chi connectivity index (χ3v) is 9.72. The first-order valence-corrected chi connectivity index (χ1v) is 18.2. The Bertz CT molecular complexity index is 1600. The molecular formula is C39H53N5O8. The molecule has 282 valence electrons. The Labute approximate surface area is 305 Å². The van der Waals surface area contributed by atoms with E-state index in [0.29, 0.717) is 25.9 Å². The van der Waals surface area contributed by atoms with Crippen LogP contribution < -0.4 is 16.0 Å². The number of ether oxygens (including phenoxy) is 1. The highest BCUT2D eigenvalue weighted by molar-refractivity contribution is 6.38. The van der Waals surface area contributed by atoms with Crippen molar-refractivity contribution in [2.24, 2.45) is 11.8 Å². The molecule has 6 atom stereocenters. The van der Waals surface area contributed by atoms with Gasteiger partial charge in [-0.25, -0.2) is 4.79 Å². The maximum Gasteiger partial charge on any atom is 0.410 e. The van der Waals surface area contributed by atoms with Crippen LogP contribution >= 0.6 is 0 Å². The van der Waals surface area contributed by atoms with Crippen LogP contribution in [0.4, 0.5) is 4.79 Å². The van der Waals surface area contributed by atoms with Gasteiger partial charge in [-0.15, -0.1) is 0 Å². The lowest BCUT2D eigenvalue weighted by Crippen LogP contribution is -2.58. The summed E-state index contributed by atoms with van der Waals surface area (Å²) in [5, 5.41) is 18.4. The van der Waals surface area contributed by atoms with Crippen molar-refractivity contribution in [3.05, 3.63) is 71.3 Å². The van der Waals surface area contributed by atoms with Crippen LogP contribution in [0.5, 0.6) is 0 Å². The van der Waals surface area contributed by atoms with Gasteiger partial charge in [-0.1, -0.05) is 95.6 Å². The van der Waals surface area contributed by atoms with Gasteiger partial charge in [-0.05, 0) is 48.3 Å². The molecule has 13 nitrogen and oxygen atoms in total. The Kier molecular flexibility index (Phi) is 13.9. The van der Waals surface area contributed by atoms with Crippen LogP contribution in [0.3, 0.4) is 0 Å². The highest BCUT2D eigenvalue weighted by atomic mass is 16.6. The third kappa shape index (κ3) is 9.96. The molecule has 0 saturated carbocycles. The van der Waals surface area contributed by atoms with Crippen molar-refractivity contribution in [2.75, 3.05) is 13.1 Å². The summed E-state index contributed by atoms with van der Waals surface area (Å²) in [7, 11) is 0. The molecule has 1 saturated heterocycles. The average molecular weight is 720 g/mol. The quantitative estimate of drug-likeness (QED) is 0.216. The number of Topliss-reactive ketones (excluding diaryl/α,β-unsaturated/α-hetero) is 1. The predicted octanol–water partition coefficient (Wildman–Crippen LogP) is 3.04. The molecule has 0 radical (unpaired) electrons. The molecule has 4 rings (SSSR count). The van der Waals surface area contributed by atoms with Gasteiger partial charge in [-0.3, -0.25) is 24.0 Å². The summed E-state index contributed by atoms with van der Waals surface area (Å²) in [6.07, 6.45) is -1.56. The van der Waals surface area contributed by atoms with E-state index in [1.807, 2.05) is 61.5 Å². The minimum absolute atomic E-state index is 0.0641. The number of aliphatic hydroxyl groups excluding tert-OH is 1. The molecule has 2 aromatic rings. The number of ketones is 1. The molecule has 13 heteroatoms. The molecule has 0 aromatic heterocycles. The fourth-order valence-corrected chi connectivity index (χ4v) is 6.55. The summed E-state index contributed by atoms with van der Waals surface area (Å²) < 4.78 is 5.90. The summed E-state index contributed by atoms with van der Waals surface area (Å²) in [5.74, 6) is -4.52. The van der Waals surface area contributed by atoms with Crippen LogP contribution in [-0.4, -0.2) is 93.8 Å². The van der Waals surface area contributed by atoms with E-state index in [9.17, 15) is 33.9 Å². The lowest BCUT2D eigenvalue weighted by Gasteiger charge is -2.31. The zero-order valence-electron chi connectivity index (χ0n) is 31.0. The topological polar surface area (TPSA) is 174 Å². The zero-order chi connectivity index (χ0) is 38.1. The second-order valence-electron chi connectivity index (χ2n) is 14.4. The van der Waals surface area contributed by atoms with E-state index in [0.717, 1.165) is 16.7 Å². The molecule has 2 aliphatic heterocycles. The molecule has 5 amide bonds. The van der Waals surface area contributed by atoms with Crippen molar-refractivity contribution in [1.29, 1.82) is 0 Å². The van der Waals surface area contributed by atoms with Gasteiger partial charge in [0.25, 0.3) is 5.91 Å². The number of hydrogen-bond acceptors (Lipinski definition) is 8. The van der Waals surface area contributed by atoms with Crippen molar-refractivity contribution in [1.82, 2.24) is 25.8 Å². The fraction of sp³-hybridized carbons (Fsp3) is 0.538. The van der Waals surface area contributed by atoms with Crippen molar-refractivity contribution in [3.8, 4) is 0 Å². The standard InChI is InChI=1S/C39H53N5O8/c1-7-13-30(34(46)37(49)40-25(6)26-14-9-8-10-15-26)41-35(47)31-20-29(52-39(51)43-19-18-27-16-11-12-17-28(27)21-43)22-44(31)38(50)32(23(2)3)42-36(48)33(45)24(4)5/h8-12,14-17,23-25,29-33,45H,7,13,18-22H2,1-6H3,(H,40,49)(H,41,47)(H,42,48)/t25-,29+,30?,31-,32-,33-/m0/s1. The number of nitrogens with one attached hydrogen (secondary N) is 3. The Morgan fingerprint density at radius 3 is 2.15 bits per heavy atom. The summed E-state index contributed by atoms with van der Waals surface area (Å²) >= 11 is 0. The van der Waals surface area contributed by atoms with Crippen molar-refractivity contribution >= 4 is 35.5 Å². The van der Waals surface area contributed by atoms with Crippen molar-refractivity contribution in [2.45, 2.75) is 110 Å². The van der Waals surface area contributed by atoms with E-state index in [2.05, 4.69) is 16.0 Å². The molecule has 2 aliphatic rings. The number of rotatable bonds is 14. The lowest BCUT2D eigenvalue weighted by atomic mass is 10.00. The van der Waals surface area contributed by atoms with Gasteiger partial charge in [-0.2, -0.15) is 0 Å². The van der Waals surface area contributed by atoms with Crippen LogP contribution in [0, 0.1) is 11.8 Å². The normalized spacial score (nSPS) is 19.2. The van der Waals surface area contributed by atoms with Crippen LogP contribution in [0.15, 0.2) is 54.6 Å². The number of carbonyl (C=O) groups excluding carboxylic acids is 6. The van der Waals surface area contributed by atoms with Crippen LogP contribution in [0.1, 0.15) is 83.5 Å². The zero-order valence-corrected chi connectivity index (χ0v) is 31.0. The first-order valence-electron chi connectivity index (χ1n) is 18.2. The van der Waals surface area contributed by atoms with Crippen molar-refractivity contribution < 1.29 is 38.6 Å². The number of fused-ring (bicyclic) bond motifs is 1. The van der Waals surface area contributed by atoms with Crippen LogP contribution in [-0.2, 0) is 41.7 Å². The number of aliphatic hydroxyl groups is 1. The third-order valence-electron chi connectivity index (χ3n) is 9.72. The minimum Gasteiger partial charge on any atom is -0.444 e. The van der Waals surface area contributed by atoms with E-state index in [1.54, 1.807) is 39.5 Å². The van der Waals surface area contributed by atoms with E-state index in [1.165, 1.54) is 4.90 Å². The van der Waals surface area contributed by atoms with E-state index in [-0.39, 0.29) is 19.4 Å². The minimum atomic E-state index is -1.35. The Balaban J connectivity index is 1.53. The van der Waals surface area contributed by atoms with Gasteiger partial charge in [0.15, 0.2) is 0 Å². The molecule has 0 aliphatic carbocycles. The first-order chi connectivity index (χ1) is 24.7. The predicted molar refractivity (Wildman–Crippen MR) is 193 cm³/mol. The Morgan fingerprint density at radius 1 is 0.865 bits per heavy atom. The number of benzene rings is 2. The van der Waals surface area contributed by atoms with Gasteiger partial charge in [0.1, 0.15) is 24.3 Å². The molecule has 0 bridgehead atoms. The molecule has 0 spiro atoms. The Morgan fingerprint density at radius 2 is 1.52 bits per heavy atom. The number of carbonyl (C=O) groups is 6. The summed E-state index contributed by atoms with van der Waals surface area (Å²) in [5.41, 5.74) is 2.98. The lowest BCUT2D eigenvalue weighted by molar-refractivity contribution is -0.145. The number of hydrogen-bond donors (Lipinski definition) is 4.